The highest BCUT2D eigenvalue weighted by atomic mass is 33.1. The van der Waals surface area contributed by atoms with Gasteiger partial charge in [-0.05, 0) is 130 Å². The molecule has 1 spiro atoms. The monoisotopic (exact) mass is 867 g/mol. The molecule has 13 nitrogen and oxygen atoms in total. The van der Waals surface area contributed by atoms with Crippen molar-refractivity contribution in [3.63, 3.8) is 0 Å². The lowest BCUT2D eigenvalue weighted by atomic mass is 9.83. The fraction of sp³-hybridized carbons (Fsp3) is 0.727. The third-order valence-electron chi connectivity index (χ3n) is 12.7. The third kappa shape index (κ3) is 13.2. The van der Waals surface area contributed by atoms with Crippen LogP contribution in [0.25, 0.3) is 0 Å². The number of rotatable bonds is 18. The van der Waals surface area contributed by atoms with Crippen LogP contribution in [-0.2, 0) is 17.6 Å². The van der Waals surface area contributed by atoms with Gasteiger partial charge in [0, 0.05) is 36.1 Å². The minimum atomic E-state index is -1.06. The highest BCUT2D eigenvalue weighted by Gasteiger charge is 2.49. The molecule has 0 bridgehead atoms. The Morgan fingerprint density at radius 1 is 0.915 bits per heavy atom. The van der Waals surface area contributed by atoms with E-state index in [4.69, 9.17) is 18.9 Å². The van der Waals surface area contributed by atoms with Crippen LogP contribution in [0.1, 0.15) is 113 Å². The van der Waals surface area contributed by atoms with Crippen LogP contribution < -0.4 is 19.5 Å². The molecule has 5 rings (SSSR count). The second-order valence-electron chi connectivity index (χ2n) is 17.0. The van der Waals surface area contributed by atoms with Crippen LogP contribution in [-0.4, -0.2) is 117 Å². The maximum atomic E-state index is 11.7. The summed E-state index contributed by atoms with van der Waals surface area (Å²) in [4.78, 5) is 0. The van der Waals surface area contributed by atoms with Gasteiger partial charge in [0.2, 0.25) is 5.75 Å². The van der Waals surface area contributed by atoms with Crippen molar-refractivity contribution < 1.29 is 59.8 Å². The minimum Gasteiger partial charge on any atom is -0.504 e. The maximum Gasteiger partial charge on any atom is 0.200 e. The Morgan fingerprint density at radius 2 is 1.71 bits per heavy atom. The number of hydrogen-bond donors (Lipinski definition) is 9. The van der Waals surface area contributed by atoms with Crippen molar-refractivity contribution in [1.29, 1.82) is 0 Å². The van der Waals surface area contributed by atoms with Gasteiger partial charge in [-0.3, -0.25) is 0 Å². The van der Waals surface area contributed by atoms with Crippen LogP contribution in [0.4, 0.5) is 0 Å². The predicted octanol–water partition coefficient (Wildman–Crippen LogP) is 5.74. The van der Waals surface area contributed by atoms with Gasteiger partial charge < -0.3 is 65.1 Å². The van der Waals surface area contributed by atoms with Gasteiger partial charge in [0.25, 0.3) is 0 Å². The maximum absolute atomic E-state index is 11.7. The molecule has 334 valence electrons. The quantitative estimate of drug-likeness (QED) is 0.0497. The van der Waals surface area contributed by atoms with E-state index in [0.29, 0.717) is 49.1 Å². The number of aliphatic hydroxyl groups is 6. The molecule has 0 radical (unpaired) electrons. The second kappa shape index (κ2) is 23.3. The lowest BCUT2D eigenvalue weighted by Crippen LogP contribution is -2.38. The van der Waals surface area contributed by atoms with E-state index in [9.17, 15) is 40.9 Å². The lowest BCUT2D eigenvalue weighted by Gasteiger charge is -2.30. The highest BCUT2D eigenvalue weighted by molar-refractivity contribution is 8.76. The van der Waals surface area contributed by atoms with Crippen molar-refractivity contribution in [1.82, 2.24) is 5.32 Å². The standard InChI is InChI=1S/C44H69NO12S2/c1-4-5-6-7-30-20-44(22-35(30)45-23-27(2)49)12-10-32(21-44)57-39-17-29-8-9-31(55-25-47)18-36(50)34(14-28-15-40(54-3)43(53)41(16-28)56-26-48)38(52)24-58-59-42(11-13-46)33(29)19-37(39)51/h15-17,19,27,30-32,34-36,38,42,45-53H,4-14,18,20-26H2,1-3H3. The number of nitrogens with one attached hydrogen (secondary N) is 1. The average molecular weight is 868 g/mol. The molecular weight excluding hydrogens is 799 g/mol. The number of aromatic hydroxyl groups is 2. The fourth-order valence-corrected chi connectivity index (χ4v) is 12.6. The predicted molar refractivity (Wildman–Crippen MR) is 230 cm³/mol. The number of phenolic OH excluding ortho intramolecular Hbond substituents is 2. The molecule has 2 aromatic rings. The molecule has 0 saturated heterocycles. The van der Waals surface area contributed by atoms with Gasteiger partial charge in [0.1, 0.15) is 6.79 Å². The molecule has 2 aliphatic carbocycles. The van der Waals surface area contributed by atoms with Crippen molar-refractivity contribution in [2.45, 2.75) is 146 Å². The summed E-state index contributed by atoms with van der Waals surface area (Å²) in [5.41, 5.74) is 2.52. The zero-order chi connectivity index (χ0) is 42.5. The van der Waals surface area contributed by atoms with E-state index in [1.165, 1.54) is 60.4 Å². The number of ether oxygens (including phenoxy) is 4. The molecule has 9 N–H and O–H groups in total. The van der Waals surface area contributed by atoms with Crippen molar-refractivity contribution in [3.05, 3.63) is 41.0 Å². The number of hydrogen-bond acceptors (Lipinski definition) is 15. The van der Waals surface area contributed by atoms with Crippen LogP contribution in [0.2, 0.25) is 0 Å². The van der Waals surface area contributed by atoms with Gasteiger partial charge in [0.05, 0.1) is 37.6 Å². The number of methoxy groups -OCH3 is 1. The summed E-state index contributed by atoms with van der Waals surface area (Å²) in [6.07, 6.45) is 8.33. The van der Waals surface area contributed by atoms with Crippen molar-refractivity contribution in [2.24, 2.45) is 17.3 Å². The Hall–Kier alpha value is -2.18. The van der Waals surface area contributed by atoms with Gasteiger partial charge in [0.15, 0.2) is 29.8 Å². The van der Waals surface area contributed by atoms with Crippen molar-refractivity contribution in [2.75, 3.05) is 39.6 Å². The largest absolute Gasteiger partial charge is 0.504 e. The Bertz CT molecular complexity index is 1590. The Morgan fingerprint density at radius 3 is 2.42 bits per heavy atom. The highest BCUT2D eigenvalue weighted by Crippen LogP contribution is 2.55. The number of aliphatic hydroxyl groups excluding tert-OH is 6. The van der Waals surface area contributed by atoms with Gasteiger partial charge in [-0.1, -0.05) is 47.8 Å². The number of benzene rings is 2. The summed E-state index contributed by atoms with van der Waals surface area (Å²) in [6, 6.07) is 7.17. The van der Waals surface area contributed by atoms with E-state index in [1.807, 2.05) is 13.0 Å². The number of fused-ring (bicyclic) bond motifs is 1. The normalized spacial score (nSPS) is 29.6. The molecule has 2 fully saturated rings. The molecule has 10 atom stereocenters. The van der Waals surface area contributed by atoms with E-state index < -0.39 is 43.9 Å². The molecule has 1 heterocycles. The van der Waals surface area contributed by atoms with E-state index >= 15 is 0 Å². The van der Waals surface area contributed by atoms with Crippen LogP contribution in [0.15, 0.2) is 24.3 Å². The van der Waals surface area contributed by atoms with Gasteiger partial charge in [-0.25, -0.2) is 0 Å². The first-order valence-corrected chi connectivity index (χ1v) is 23.9. The van der Waals surface area contributed by atoms with Gasteiger partial charge >= 0.3 is 0 Å². The first-order valence-electron chi connectivity index (χ1n) is 21.5. The Labute approximate surface area is 357 Å². The van der Waals surface area contributed by atoms with Crippen LogP contribution >= 0.6 is 21.6 Å². The summed E-state index contributed by atoms with van der Waals surface area (Å²) in [7, 11) is 4.31. The summed E-state index contributed by atoms with van der Waals surface area (Å²) >= 11 is 0. The molecule has 3 aliphatic rings. The van der Waals surface area contributed by atoms with E-state index in [1.54, 1.807) is 12.1 Å². The van der Waals surface area contributed by atoms with Crippen molar-refractivity contribution >= 4 is 21.6 Å². The first kappa shape index (κ1) is 47.9. The lowest BCUT2D eigenvalue weighted by molar-refractivity contribution is -0.0808. The van der Waals surface area contributed by atoms with Crippen LogP contribution in [0.5, 0.6) is 28.7 Å². The molecule has 15 heteroatoms. The van der Waals surface area contributed by atoms with Crippen LogP contribution in [0, 0.1) is 17.3 Å². The second-order valence-corrected chi connectivity index (χ2v) is 19.6. The fourth-order valence-electron chi connectivity index (χ4n) is 9.69. The molecule has 10 unspecified atom stereocenters. The summed E-state index contributed by atoms with van der Waals surface area (Å²) in [5.74, 6) is 0.402. The van der Waals surface area contributed by atoms with E-state index in [0.717, 1.165) is 43.2 Å². The van der Waals surface area contributed by atoms with E-state index in [2.05, 4.69) is 12.2 Å². The summed E-state index contributed by atoms with van der Waals surface area (Å²) < 4.78 is 23.0. The molecule has 2 aromatic carbocycles. The summed E-state index contributed by atoms with van der Waals surface area (Å²) in [5, 5.41) is 88.2. The van der Waals surface area contributed by atoms with Gasteiger partial charge in [-0.2, -0.15) is 0 Å². The van der Waals surface area contributed by atoms with Crippen LogP contribution in [0.3, 0.4) is 0 Å². The Balaban J connectivity index is 1.36. The minimum absolute atomic E-state index is 0.00499. The molecule has 2 saturated carbocycles. The molecule has 0 amide bonds. The zero-order valence-electron chi connectivity index (χ0n) is 35.0. The van der Waals surface area contributed by atoms with Crippen molar-refractivity contribution in [3.8, 4) is 28.7 Å². The van der Waals surface area contributed by atoms with Gasteiger partial charge in [-0.15, -0.1) is 0 Å². The number of unbranched alkanes of at least 4 members (excludes halogenated alkanes) is 2. The third-order valence-corrected chi connectivity index (χ3v) is 15.5. The average Bonchev–Trinajstić information content (AvgIpc) is 3.77. The van der Waals surface area contributed by atoms with E-state index in [-0.39, 0.29) is 65.0 Å². The first-order chi connectivity index (χ1) is 28.4. The SMILES string of the molecule is CCCCCC1CC2(CCC(Oc3cc4c(cc3O)C(CCO)SSCC(O)C(Cc3cc(OC)c(O)c(OCO)c3)C(O)CC(OCO)CC4)C2)CC1NCC(C)O. The molecule has 59 heavy (non-hydrogen) atoms. The summed E-state index contributed by atoms with van der Waals surface area (Å²) in [6.45, 7) is 3.32. The molecule has 0 aromatic heterocycles. The topological polar surface area (TPSA) is 211 Å². The number of aryl methyl sites for hydroxylation is 1. The Kier molecular flexibility index (Phi) is 18.9. The smallest absolute Gasteiger partial charge is 0.200 e. The molecular formula is C44H69NO12S2. The number of phenols is 2. The zero-order valence-corrected chi connectivity index (χ0v) is 36.6. The molecule has 1 aliphatic heterocycles.